The van der Waals surface area contributed by atoms with Crippen molar-refractivity contribution in [2.24, 2.45) is 5.41 Å². The molecule has 2 amide bonds. The number of carbonyl (C=O) groups excluding carboxylic acids is 2. The Morgan fingerprint density at radius 3 is 2.83 bits per heavy atom. The summed E-state index contributed by atoms with van der Waals surface area (Å²) in [6.07, 6.45) is 3.94. The van der Waals surface area contributed by atoms with Crippen molar-refractivity contribution in [1.82, 2.24) is 30.8 Å². The first-order valence-corrected chi connectivity index (χ1v) is 9.94. The molecule has 8 nitrogen and oxygen atoms in total. The molecule has 8 heteroatoms. The average Bonchev–Trinajstić information content (AvgIpc) is 3.31. The fraction of sp³-hybridized carbons (Fsp3) is 0.429. The fourth-order valence-corrected chi connectivity index (χ4v) is 4.09. The van der Waals surface area contributed by atoms with Crippen LogP contribution in [0.15, 0.2) is 24.5 Å². The highest BCUT2D eigenvalue weighted by Crippen LogP contribution is 2.40. The first-order valence-electron chi connectivity index (χ1n) is 9.94. The van der Waals surface area contributed by atoms with Gasteiger partial charge in [0, 0.05) is 34.9 Å². The van der Waals surface area contributed by atoms with Gasteiger partial charge >= 0.3 is 0 Å². The summed E-state index contributed by atoms with van der Waals surface area (Å²) in [6.45, 7) is 6.63. The maximum Gasteiger partial charge on any atom is 0.271 e. The molecule has 4 N–H and O–H groups in total. The molecule has 29 heavy (non-hydrogen) atoms. The van der Waals surface area contributed by atoms with E-state index in [1.807, 2.05) is 26.0 Å². The number of imidazole rings is 1. The summed E-state index contributed by atoms with van der Waals surface area (Å²) < 4.78 is 0. The van der Waals surface area contributed by atoms with Crippen LogP contribution in [0, 0.1) is 12.3 Å². The van der Waals surface area contributed by atoms with Gasteiger partial charge in [-0.05, 0) is 49.8 Å². The summed E-state index contributed by atoms with van der Waals surface area (Å²) in [7, 11) is 0. The lowest BCUT2D eigenvalue weighted by atomic mass is 9.66. The van der Waals surface area contributed by atoms with Crippen molar-refractivity contribution in [3.8, 4) is 0 Å². The van der Waals surface area contributed by atoms with Gasteiger partial charge < -0.3 is 15.6 Å². The molecule has 0 unspecified atom stereocenters. The Balaban J connectivity index is 1.30. The van der Waals surface area contributed by atoms with Gasteiger partial charge in [-0.3, -0.25) is 14.7 Å². The molecule has 2 aromatic heterocycles. The number of carbonyl (C=O) groups is 2. The Morgan fingerprint density at radius 2 is 2.07 bits per heavy atom. The van der Waals surface area contributed by atoms with Gasteiger partial charge in [0.1, 0.15) is 5.69 Å². The van der Waals surface area contributed by atoms with E-state index in [0.717, 1.165) is 41.6 Å². The number of H-pyrrole nitrogens is 2. The Morgan fingerprint density at radius 1 is 1.28 bits per heavy atom. The van der Waals surface area contributed by atoms with Gasteiger partial charge in [-0.1, -0.05) is 13.8 Å². The van der Waals surface area contributed by atoms with Crippen LogP contribution in [0.1, 0.15) is 58.9 Å². The number of aromatic nitrogens is 4. The lowest BCUT2D eigenvalue weighted by Crippen LogP contribution is -2.53. The Bertz CT molecular complexity index is 1060. The van der Waals surface area contributed by atoms with Gasteiger partial charge in [0.05, 0.1) is 11.8 Å². The van der Waals surface area contributed by atoms with E-state index in [1.165, 1.54) is 0 Å². The molecule has 0 saturated heterocycles. The van der Waals surface area contributed by atoms with Crippen LogP contribution < -0.4 is 10.6 Å². The van der Waals surface area contributed by atoms with Crippen LogP contribution in [0.3, 0.4) is 0 Å². The second-order valence-electron chi connectivity index (χ2n) is 8.24. The molecule has 0 atom stereocenters. The minimum absolute atomic E-state index is 0.0254. The van der Waals surface area contributed by atoms with E-state index in [1.54, 1.807) is 12.4 Å². The molecule has 1 aromatic carbocycles. The van der Waals surface area contributed by atoms with Gasteiger partial charge in [-0.2, -0.15) is 5.10 Å². The predicted molar refractivity (Wildman–Crippen MR) is 110 cm³/mol. The van der Waals surface area contributed by atoms with Crippen molar-refractivity contribution >= 4 is 22.7 Å². The third-order valence-corrected chi connectivity index (χ3v) is 5.78. The Labute approximate surface area is 168 Å². The maximum absolute atomic E-state index is 12.6. The van der Waals surface area contributed by atoms with Gasteiger partial charge in [-0.15, -0.1) is 0 Å². The number of aryl methyl sites for hydroxylation is 2. The van der Waals surface area contributed by atoms with E-state index in [4.69, 9.17) is 0 Å². The first kappa shape index (κ1) is 19.2. The molecule has 1 saturated carbocycles. The number of hydrogen-bond acceptors (Lipinski definition) is 4. The van der Waals surface area contributed by atoms with Crippen LogP contribution in [0.5, 0.6) is 0 Å². The minimum Gasteiger partial charge on any atom is -0.351 e. The number of aromatic amines is 2. The molecule has 4 rings (SSSR count). The molecule has 0 radical (unpaired) electrons. The minimum atomic E-state index is -0.136. The highest BCUT2D eigenvalue weighted by atomic mass is 16.2. The number of nitrogens with one attached hydrogen (secondary N) is 4. The number of amides is 2. The molecule has 1 fully saturated rings. The topological polar surface area (TPSA) is 116 Å². The average molecular weight is 394 g/mol. The zero-order chi connectivity index (χ0) is 20.6. The van der Waals surface area contributed by atoms with Gasteiger partial charge in [0.2, 0.25) is 0 Å². The molecule has 0 spiro atoms. The summed E-state index contributed by atoms with van der Waals surface area (Å²) in [6, 6.07) is 5.62. The molecule has 0 bridgehead atoms. The van der Waals surface area contributed by atoms with Gasteiger partial charge in [0.25, 0.3) is 11.8 Å². The van der Waals surface area contributed by atoms with Crippen molar-refractivity contribution in [3.05, 3.63) is 47.2 Å². The van der Waals surface area contributed by atoms with Crippen LogP contribution >= 0.6 is 0 Å². The molecule has 0 aliphatic heterocycles. The van der Waals surface area contributed by atoms with E-state index in [-0.39, 0.29) is 23.3 Å². The molecular weight excluding hydrogens is 368 g/mol. The fourth-order valence-electron chi connectivity index (χ4n) is 4.09. The molecule has 152 valence electrons. The van der Waals surface area contributed by atoms with Crippen LogP contribution in [0.2, 0.25) is 0 Å². The van der Waals surface area contributed by atoms with Crippen molar-refractivity contribution in [2.75, 3.05) is 6.54 Å². The van der Waals surface area contributed by atoms with Crippen molar-refractivity contribution in [2.45, 2.75) is 46.1 Å². The standard InChI is InChI=1S/C21H26N6O2/c1-4-16-18(24-11-23-16)20(29)25-14-8-21(3,9-14)10-22-19(28)13-5-6-17-15(7-13)12(2)26-27-17/h5-7,11,14H,4,8-10H2,1-3H3,(H,22,28)(H,23,24)(H,25,29)(H,26,27). The van der Waals surface area contributed by atoms with E-state index < -0.39 is 0 Å². The van der Waals surface area contributed by atoms with Crippen LogP contribution in [-0.2, 0) is 6.42 Å². The van der Waals surface area contributed by atoms with Crippen LogP contribution in [-0.4, -0.2) is 44.6 Å². The van der Waals surface area contributed by atoms with Gasteiger partial charge in [-0.25, -0.2) is 4.98 Å². The van der Waals surface area contributed by atoms with Crippen LogP contribution in [0.4, 0.5) is 0 Å². The monoisotopic (exact) mass is 394 g/mol. The lowest BCUT2D eigenvalue weighted by Gasteiger charge is -2.45. The number of fused-ring (bicyclic) bond motifs is 1. The van der Waals surface area contributed by atoms with Crippen molar-refractivity contribution < 1.29 is 9.59 Å². The first-order chi connectivity index (χ1) is 13.9. The molecule has 3 aromatic rings. The largest absolute Gasteiger partial charge is 0.351 e. The van der Waals surface area contributed by atoms with Crippen molar-refractivity contribution in [3.63, 3.8) is 0 Å². The normalized spacial score (nSPS) is 21.0. The second-order valence-corrected chi connectivity index (χ2v) is 8.24. The highest BCUT2D eigenvalue weighted by Gasteiger charge is 2.41. The molecular formula is C21H26N6O2. The third-order valence-electron chi connectivity index (χ3n) is 5.78. The molecule has 1 aliphatic carbocycles. The SMILES string of the molecule is CCc1[nH]cnc1C(=O)NC1CC(C)(CNC(=O)c2ccc3n[nH]c(C)c3c2)C1. The van der Waals surface area contributed by atoms with Crippen LogP contribution in [0.25, 0.3) is 10.9 Å². The van der Waals surface area contributed by atoms with E-state index in [2.05, 4.69) is 37.7 Å². The zero-order valence-electron chi connectivity index (χ0n) is 16.9. The predicted octanol–water partition coefficient (Wildman–Crippen LogP) is 2.49. The molecule has 1 aliphatic rings. The highest BCUT2D eigenvalue weighted by molar-refractivity contribution is 5.98. The quantitative estimate of drug-likeness (QED) is 0.514. The summed E-state index contributed by atoms with van der Waals surface area (Å²) in [5.41, 5.74) is 3.72. The summed E-state index contributed by atoms with van der Waals surface area (Å²) in [5, 5.41) is 14.2. The summed E-state index contributed by atoms with van der Waals surface area (Å²) >= 11 is 0. The molecule has 2 heterocycles. The van der Waals surface area contributed by atoms with E-state index in [0.29, 0.717) is 17.8 Å². The summed E-state index contributed by atoms with van der Waals surface area (Å²) in [5.74, 6) is -0.228. The summed E-state index contributed by atoms with van der Waals surface area (Å²) in [4.78, 5) is 32.1. The van der Waals surface area contributed by atoms with Crippen molar-refractivity contribution in [1.29, 1.82) is 0 Å². The second kappa shape index (κ2) is 7.35. The van der Waals surface area contributed by atoms with E-state index >= 15 is 0 Å². The smallest absolute Gasteiger partial charge is 0.271 e. The van der Waals surface area contributed by atoms with E-state index in [9.17, 15) is 9.59 Å². The maximum atomic E-state index is 12.6. The Hall–Kier alpha value is -3.16. The number of benzene rings is 1. The Kier molecular flexibility index (Phi) is 4.86. The third kappa shape index (κ3) is 3.74. The number of nitrogens with zero attached hydrogens (tertiary/aromatic N) is 2. The van der Waals surface area contributed by atoms with Gasteiger partial charge in [0.15, 0.2) is 0 Å². The zero-order valence-corrected chi connectivity index (χ0v) is 16.9. The number of rotatable bonds is 6. The number of hydrogen-bond donors (Lipinski definition) is 4. The lowest BCUT2D eigenvalue weighted by molar-refractivity contribution is 0.0694.